The van der Waals surface area contributed by atoms with Crippen LogP contribution in [-0.2, 0) is 6.42 Å². The highest BCUT2D eigenvalue weighted by atomic mass is 15.0. The standard InChI is InChI=1S/C20H24N4/c1-13(2)9-19-17-6-7-21-12-16(17)10-18(24-19)15-5-8-22-20(11-15)23-14(3)4/h5-8,10-14H,9H2,1-4H3,(H,22,23). The topological polar surface area (TPSA) is 50.7 Å². The van der Waals surface area contributed by atoms with Gasteiger partial charge in [0.2, 0.25) is 0 Å². The normalized spacial score (nSPS) is 11.4. The van der Waals surface area contributed by atoms with Gasteiger partial charge in [-0.2, -0.15) is 0 Å². The first-order valence-electron chi connectivity index (χ1n) is 8.49. The average molecular weight is 320 g/mol. The van der Waals surface area contributed by atoms with E-state index in [1.807, 2.05) is 24.7 Å². The highest BCUT2D eigenvalue weighted by Crippen LogP contribution is 2.26. The number of fused-ring (bicyclic) bond motifs is 1. The van der Waals surface area contributed by atoms with Crippen molar-refractivity contribution in [2.45, 2.75) is 40.2 Å². The van der Waals surface area contributed by atoms with Crippen LogP contribution in [0.25, 0.3) is 22.0 Å². The quantitative estimate of drug-likeness (QED) is 0.739. The maximum Gasteiger partial charge on any atom is 0.126 e. The Hall–Kier alpha value is -2.49. The van der Waals surface area contributed by atoms with Crippen LogP contribution in [0.3, 0.4) is 0 Å². The first-order valence-corrected chi connectivity index (χ1v) is 8.49. The Labute approximate surface area is 143 Å². The summed E-state index contributed by atoms with van der Waals surface area (Å²) in [5.41, 5.74) is 3.18. The lowest BCUT2D eigenvalue weighted by Gasteiger charge is -2.13. The smallest absolute Gasteiger partial charge is 0.126 e. The van der Waals surface area contributed by atoms with Crippen LogP contribution in [0, 0.1) is 5.92 Å². The van der Waals surface area contributed by atoms with Crippen LogP contribution in [0.1, 0.15) is 33.4 Å². The first kappa shape index (κ1) is 16.4. The van der Waals surface area contributed by atoms with Crippen molar-refractivity contribution in [1.82, 2.24) is 15.0 Å². The number of pyridine rings is 3. The van der Waals surface area contributed by atoms with Crippen LogP contribution < -0.4 is 5.32 Å². The minimum Gasteiger partial charge on any atom is -0.368 e. The second-order valence-corrected chi connectivity index (χ2v) is 6.88. The zero-order valence-corrected chi connectivity index (χ0v) is 14.7. The molecule has 0 amide bonds. The number of hydrogen-bond donors (Lipinski definition) is 1. The van der Waals surface area contributed by atoms with Gasteiger partial charge in [0.05, 0.1) is 5.69 Å². The van der Waals surface area contributed by atoms with Gasteiger partial charge >= 0.3 is 0 Å². The van der Waals surface area contributed by atoms with E-state index >= 15 is 0 Å². The third-order valence-electron chi connectivity index (χ3n) is 3.80. The molecule has 0 saturated heterocycles. The Kier molecular flexibility index (Phi) is 4.74. The van der Waals surface area contributed by atoms with Crippen molar-refractivity contribution in [2.24, 2.45) is 5.92 Å². The summed E-state index contributed by atoms with van der Waals surface area (Å²) >= 11 is 0. The van der Waals surface area contributed by atoms with Crippen molar-refractivity contribution in [2.75, 3.05) is 5.32 Å². The van der Waals surface area contributed by atoms with Crippen molar-refractivity contribution < 1.29 is 0 Å². The Bertz CT molecular complexity index is 840. The van der Waals surface area contributed by atoms with Crippen LogP contribution in [0.5, 0.6) is 0 Å². The Morgan fingerprint density at radius 3 is 2.62 bits per heavy atom. The summed E-state index contributed by atoms with van der Waals surface area (Å²) in [5, 5.41) is 5.67. The monoisotopic (exact) mass is 320 g/mol. The second-order valence-electron chi connectivity index (χ2n) is 6.88. The number of nitrogens with one attached hydrogen (secondary N) is 1. The molecular formula is C20H24N4. The van der Waals surface area contributed by atoms with E-state index in [2.05, 4.69) is 61.2 Å². The SMILES string of the molecule is CC(C)Cc1nc(-c2ccnc(NC(C)C)c2)cc2cnccc12. The van der Waals surface area contributed by atoms with Crippen LogP contribution in [0.2, 0.25) is 0 Å². The number of rotatable bonds is 5. The molecule has 0 spiro atoms. The maximum atomic E-state index is 4.95. The van der Waals surface area contributed by atoms with Crippen molar-refractivity contribution in [3.63, 3.8) is 0 Å². The van der Waals surface area contributed by atoms with E-state index < -0.39 is 0 Å². The average Bonchev–Trinajstić information content (AvgIpc) is 2.54. The summed E-state index contributed by atoms with van der Waals surface area (Å²) in [4.78, 5) is 13.6. The molecule has 0 unspecified atom stereocenters. The molecule has 0 aliphatic rings. The molecule has 0 saturated carbocycles. The van der Waals surface area contributed by atoms with E-state index in [0.717, 1.165) is 34.6 Å². The lowest BCUT2D eigenvalue weighted by atomic mass is 10.0. The molecule has 3 rings (SSSR count). The molecule has 0 bridgehead atoms. The molecule has 0 fully saturated rings. The van der Waals surface area contributed by atoms with Gasteiger partial charge in [-0.25, -0.2) is 4.98 Å². The minimum atomic E-state index is 0.345. The van der Waals surface area contributed by atoms with Crippen LogP contribution in [0.4, 0.5) is 5.82 Å². The molecule has 0 aliphatic carbocycles. The highest BCUT2D eigenvalue weighted by Gasteiger charge is 2.10. The van der Waals surface area contributed by atoms with E-state index in [1.54, 1.807) is 0 Å². The second kappa shape index (κ2) is 6.95. The van der Waals surface area contributed by atoms with Crippen molar-refractivity contribution >= 4 is 16.6 Å². The molecular weight excluding hydrogens is 296 g/mol. The lowest BCUT2D eigenvalue weighted by molar-refractivity contribution is 0.639. The van der Waals surface area contributed by atoms with Gasteiger partial charge in [0.25, 0.3) is 0 Å². The largest absolute Gasteiger partial charge is 0.368 e. The zero-order chi connectivity index (χ0) is 17.1. The van der Waals surface area contributed by atoms with Gasteiger partial charge in [0, 0.05) is 46.7 Å². The summed E-state index contributed by atoms with van der Waals surface area (Å²) in [5.74, 6) is 1.43. The molecule has 24 heavy (non-hydrogen) atoms. The predicted molar refractivity (Wildman–Crippen MR) is 100 cm³/mol. The molecule has 124 valence electrons. The van der Waals surface area contributed by atoms with Gasteiger partial charge in [-0.15, -0.1) is 0 Å². The van der Waals surface area contributed by atoms with Gasteiger partial charge in [-0.05, 0) is 50.5 Å². The highest BCUT2D eigenvalue weighted by molar-refractivity contribution is 5.87. The number of hydrogen-bond acceptors (Lipinski definition) is 4. The molecule has 4 heteroatoms. The number of aromatic nitrogens is 3. The van der Waals surface area contributed by atoms with Crippen molar-refractivity contribution in [1.29, 1.82) is 0 Å². The Morgan fingerprint density at radius 1 is 1.04 bits per heavy atom. The Morgan fingerprint density at radius 2 is 1.88 bits per heavy atom. The first-order chi connectivity index (χ1) is 11.5. The summed E-state index contributed by atoms with van der Waals surface area (Å²) in [6.07, 6.45) is 6.54. The van der Waals surface area contributed by atoms with Crippen LogP contribution in [0.15, 0.2) is 42.9 Å². The van der Waals surface area contributed by atoms with Gasteiger partial charge < -0.3 is 5.32 Å². The fourth-order valence-electron chi connectivity index (χ4n) is 2.82. The fourth-order valence-corrected chi connectivity index (χ4v) is 2.82. The lowest BCUT2D eigenvalue weighted by Crippen LogP contribution is -2.10. The molecule has 4 nitrogen and oxygen atoms in total. The molecule has 3 aromatic rings. The van der Waals surface area contributed by atoms with Gasteiger partial charge in [-0.3, -0.25) is 9.97 Å². The number of nitrogens with zero attached hydrogens (tertiary/aromatic N) is 3. The Balaban J connectivity index is 2.09. The molecule has 3 heterocycles. The molecule has 0 aliphatic heterocycles. The molecule has 0 radical (unpaired) electrons. The summed E-state index contributed by atoms with van der Waals surface area (Å²) in [6, 6.07) is 8.58. The molecule has 1 N–H and O–H groups in total. The van der Waals surface area contributed by atoms with Gasteiger partial charge in [0.15, 0.2) is 0 Å². The van der Waals surface area contributed by atoms with Crippen LogP contribution >= 0.6 is 0 Å². The molecule has 0 aromatic carbocycles. The van der Waals surface area contributed by atoms with Gasteiger partial charge in [0.1, 0.15) is 5.82 Å². The van der Waals surface area contributed by atoms with Crippen molar-refractivity contribution in [3.05, 3.63) is 48.5 Å². The van der Waals surface area contributed by atoms with E-state index in [4.69, 9.17) is 4.98 Å². The van der Waals surface area contributed by atoms with Crippen LogP contribution in [-0.4, -0.2) is 21.0 Å². The van der Waals surface area contributed by atoms with Gasteiger partial charge in [-0.1, -0.05) is 13.8 Å². The summed E-state index contributed by atoms with van der Waals surface area (Å²) < 4.78 is 0. The summed E-state index contributed by atoms with van der Waals surface area (Å²) in [7, 11) is 0. The fraction of sp³-hybridized carbons (Fsp3) is 0.350. The predicted octanol–water partition coefficient (Wildman–Crippen LogP) is 4.71. The minimum absolute atomic E-state index is 0.345. The molecule has 0 atom stereocenters. The van der Waals surface area contributed by atoms with E-state index in [1.165, 1.54) is 5.39 Å². The zero-order valence-electron chi connectivity index (χ0n) is 14.7. The summed E-state index contributed by atoms with van der Waals surface area (Å²) in [6.45, 7) is 8.65. The van der Waals surface area contributed by atoms with E-state index in [0.29, 0.717) is 12.0 Å². The number of anilines is 1. The maximum absolute atomic E-state index is 4.95. The van der Waals surface area contributed by atoms with E-state index in [-0.39, 0.29) is 0 Å². The van der Waals surface area contributed by atoms with Crippen molar-refractivity contribution in [3.8, 4) is 11.3 Å². The third kappa shape index (κ3) is 3.70. The third-order valence-corrected chi connectivity index (χ3v) is 3.80. The van der Waals surface area contributed by atoms with E-state index in [9.17, 15) is 0 Å². The molecule has 3 aromatic heterocycles.